The van der Waals surface area contributed by atoms with E-state index in [9.17, 15) is 4.79 Å². The lowest BCUT2D eigenvalue weighted by Gasteiger charge is -2.20. The van der Waals surface area contributed by atoms with Gasteiger partial charge < -0.3 is 10.6 Å². The Labute approximate surface area is 143 Å². The molecule has 5 heteroatoms. The molecule has 0 fully saturated rings. The third-order valence-corrected chi connectivity index (χ3v) is 4.63. The van der Waals surface area contributed by atoms with Crippen LogP contribution in [0.25, 0.3) is 0 Å². The predicted octanol–water partition coefficient (Wildman–Crippen LogP) is 3.55. The number of anilines is 1. The Balaban J connectivity index is 1.96. The molecule has 0 saturated heterocycles. The number of H-pyrrole nitrogens is 1. The Morgan fingerprint density at radius 2 is 1.83 bits per heavy atom. The van der Waals surface area contributed by atoms with Crippen molar-refractivity contribution in [2.45, 2.75) is 52.5 Å². The Bertz CT molecular complexity index is 720. The maximum atomic E-state index is 12.9. The van der Waals surface area contributed by atoms with Gasteiger partial charge in [-0.2, -0.15) is 5.10 Å². The van der Waals surface area contributed by atoms with Gasteiger partial charge >= 0.3 is 0 Å². The number of hydrogen-bond donors (Lipinski definition) is 3. The molecule has 1 aliphatic heterocycles. The standard InChI is InChI=1S/C19H26N4O/c1-11(2)13-6-5-7-14(12(3)4)17(13)21-19(24)18-15-10-20-9-8-16(15)22-23-18/h5-7,11-12,20H,8-10H2,1-4H3,(H,21,24)(H,22,23). The van der Waals surface area contributed by atoms with Crippen molar-refractivity contribution in [1.82, 2.24) is 15.5 Å². The van der Waals surface area contributed by atoms with Crippen LogP contribution >= 0.6 is 0 Å². The van der Waals surface area contributed by atoms with Crippen LogP contribution in [0.5, 0.6) is 0 Å². The molecule has 24 heavy (non-hydrogen) atoms. The fourth-order valence-corrected chi connectivity index (χ4v) is 3.28. The number of nitrogens with one attached hydrogen (secondary N) is 3. The Morgan fingerprint density at radius 1 is 1.17 bits per heavy atom. The fraction of sp³-hybridized carbons (Fsp3) is 0.474. The van der Waals surface area contributed by atoms with E-state index in [1.807, 2.05) is 0 Å². The van der Waals surface area contributed by atoms with Crippen LogP contribution in [0.15, 0.2) is 18.2 Å². The van der Waals surface area contributed by atoms with Gasteiger partial charge in [0.15, 0.2) is 5.69 Å². The predicted molar refractivity (Wildman–Crippen MR) is 96.6 cm³/mol. The smallest absolute Gasteiger partial charge is 0.276 e. The van der Waals surface area contributed by atoms with Crippen molar-refractivity contribution >= 4 is 11.6 Å². The quantitative estimate of drug-likeness (QED) is 0.804. The van der Waals surface area contributed by atoms with Crippen LogP contribution in [0.2, 0.25) is 0 Å². The zero-order valence-corrected chi connectivity index (χ0v) is 14.9. The molecule has 2 heterocycles. The van der Waals surface area contributed by atoms with E-state index in [0.29, 0.717) is 24.1 Å². The van der Waals surface area contributed by atoms with Gasteiger partial charge in [0, 0.05) is 36.5 Å². The molecule has 5 nitrogen and oxygen atoms in total. The van der Waals surface area contributed by atoms with Crippen LogP contribution in [0.3, 0.4) is 0 Å². The second-order valence-corrected chi connectivity index (χ2v) is 7.03. The number of aromatic nitrogens is 2. The molecule has 0 bridgehead atoms. The van der Waals surface area contributed by atoms with Crippen molar-refractivity contribution in [3.63, 3.8) is 0 Å². The van der Waals surface area contributed by atoms with E-state index in [2.05, 4.69) is 66.7 Å². The molecule has 2 aromatic rings. The maximum absolute atomic E-state index is 12.9. The summed E-state index contributed by atoms with van der Waals surface area (Å²) < 4.78 is 0. The van der Waals surface area contributed by atoms with E-state index >= 15 is 0 Å². The first-order valence-electron chi connectivity index (χ1n) is 8.70. The average Bonchev–Trinajstić information content (AvgIpc) is 2.98. The summed E-state index contributed by atoms with van der Waals surface area (Å²) in [6, 6.07) is 6.25. The van der Waals surface area contributed by atoms with Crippen molar-refractivity contribution in [3.8, 4) is 0 Å². The minimum atomic E-state index is -0.133. The molecule has 0 aliphatic carbocycles. The number of carbonyl (C=O) groups excluding carboxylic acids is 1. The normalized spacial score (nSPS) is 14.1. The molecule has 1 aromatic carbocycles. The number of nitrogens with zero attached hydrogens (tertiary/aromatic N) is 1. The van der Waals surface area contributed by atoms with Gasteiger partial charge in [-0.15, -0.1) is 0 Å². The lowest BCUT2D eigenvalue weighted by molar-refractivity contribution is 0.102. The fourth-order valence-electron chi connectivity index (χ4n) is 3.28. The van der Waals surface area contributed by atoms with Crippen molar-refractivity contribution in [2.24, 2.45) is 0 Å². The molecular formula is C19H26N4O. The summed E-state index contributed by atoms with van der Waals surface area (Å²) in [6.07, 6.45) is 0.884. The molecule has 3 N–H and O–H groups in total. The van der Waals surface area contributed by atoms with Crippen molar-refractivity contribution in [3.05, 3.63) is 46.3 Å². The number of aromatic amines is 1. The lowest BCUT2D eigenvalue weighted by Crippen LogP contribution is -2.25. The van der Waals surface area contributed by atoms with Crippen LogP contribution < -0.4 is 10.6 Å². The van der Waals surface area contributed by atoms with Gasteiger partial charge in [-0.3, -0.25) is 9.89 Å². The van der Waals surface area contributed by atoms with Gasteiger partial charge in [-0.25, -0.2) is 0 Å². The van der Waals surface area contributed by atoms with Crippen molar-refractivity contribution in [1.29, 1.82) is 0 Å². The summed E-state index contributed by atoms with van der Waals surface area (Å²) in [5, 5.41) is 13.7. The van der Waals surface area contributed by atoms with E-state index < -0.39 is 0 Å². The van der Waals surface area contributed by atoms with E-state index in [1.165, 1.54) is 0 Å². The first-order valence-corrected chi connectivity index (χ1v) is 8.70. The number of hydrogen-bond acceptors (Lipinski definition) is 3. The molecule has 128 valence electrons. The van der Waals surface area contributed by atoms with E-state index in [1.54, 1.807) is 0 Å². The molecule has 0 unspecified atom stereocenters. The number of carbonyl (C=O) groups is 1. The van der Waals surface area contributed by atoms with Gasteiger partial charge in [0.1, 0.15) is 0 Å². The topological polar surface area (TPSA) is 69.8 Å². The highest BCUT2D eigenvalue weighted by atomic mass is 16.2. The van der Waals surface area contributed by atoms with Gasteiger partial charge in [0.05, 0.1) is 0 Å². The van der Waals surface area contributed by atoms with Crippen LogP contribution in [0.1, 0.15) is 72.4 Å². The summed E-state index contributed by atoms with van der Waals surface area (Å²) in [7, 11) is 0. The highest BCUT2D eigenvalue weighted by molar-refractivity contribution is 6.05. The first kappa shape index (κ1) is 16.7. The lowest BCUT2D eigenvalue weighted by atomic mass is 9.92. The summed E-state index contributed by atoms with van der Waals surface area (Å²) in [5.74, 6) is 0.550. The number of fused-ring (bicyclic) bond motifs is 1. The zero-order chi connectivity index (χ0) is 17.3. The van der Waals surface area contributed by atoms with Gasteiger partial charge in [0.25, 0.3) is 5.91 Å². The summed E-state index contributed by atoms with van der Waals surface area (Å²) in [4.78, 5) is 12.9. The first-order chi connectivity index (χ1) is 11.5. The summed E-state index contributed by atoms with van der Waals surface area (Å²) in [5.41, 5.74) is 5.83. The molecule has 1 amide bonds. The number of rotatable bonds is 4. The molecule has 1 aliphatic rings. The monoisotopic (exact) mass is 326 g/mol. The second-order valence-electron chi connectivity index (χ2n) is 7.03. The molecule has 0 spiro atoms. The highest BCUT2D eigenvalue weighted by Gasteiger charge is 2.23. The molecule has 1 aromatic heterocycles. The van der Waals surface area contributed by atoms with Gasteiger partial charge in [-0.1, -0.05) is 45.9 Å². The van der Waals surface area contributed by atoms with Crippen LogP contribution in [-0.4, -0.2) is 22.6 Å². The minimum Gasteiger partial charge on any atom is -0.320 e. The van der Waals surface area contributed by atoms with E-state index in [4.69, 9.17) is 0 Å². The highest BCUT2D eigenvalue weighted by Crippen LogP contribution is 2.33. The largest absolute Gasteiger partial charge is 0.320 e. The average molecular weight is 326 g/mol. The van der Waals surface area contributed by atoms with Crippen LogP contribution in [0.4, 0.5) is 5.69 Å². The molecule has 0 radical (unpaired) electrons. The Hall–Kier alpha value is -2.14. The second kappa shape index (κ2) is 6.77. The third kappa shape index (κ3) is 3.08. The zero-order valence-electron chi connectivity index (χ0n) is 14.9. The number of para-hydroxylation sites is 1. The molecule has 0 saturated carbocycles. The van der Waals surface area contributed by atoms with Gasteiger partial charge in [-0.05, 0) is 23.0 Å². The number of amides is 1. The SMILES string of the molecule is CC(C)c1cccc(C(C)C)c1NC(=O)c1n[nH]c2c1CNCC2. The third-order valence-electron chi connectivity index (χ3n) is 4.63. The van der Waals surface area contributed by atoms with Crippen molar-refractivity contribution in [2.75, 3.05) is 11.9 Å². The van der Waals surface area contributed by atoms with Crippen molar-refractivity contribution < 1.29 is 4.79 Å². The molecular weight excluding hydrogens is 300 g/mol. The Kier molecular flexibility index (Phi) is 4.71. The minimum absolute atomic E-state index is 0.133. The van der Waals surface area contributed by atoms with E-state index in [0.717, 1.165) is 41.0 Å². The van der Waals surface area contributed by atoms with Crippen LogP contribution in [-0.2, 0) is 13.0 Å². The number of benzene rings is 1. The summed E-state index contributed by atoms with van der Waals surface area (Å²) in [6.45, 7) is 10.2. The van der Waals surface area contributed by atoms with E-state index in [-0.39, 0.29) is 5.91 Å². The maximum Gasteiger partial charge on any atom is 0.276 e. The van der Waals surface area contributed by atoms with Crippen LogP contribution in [0, 0.1) is 0 Å². The molecule has 3 rings (SSSR count). The summed E-state index contributed by atoms with van der Waals surface area (Å²) >= 11 is 0. The molecule has 0 atom stereocenters. The Morgan fingerprint density at radius 3 is 2.46 bits per heavy atom. The van der Waals surface area contributed by atoms with Gasteiger partial charge in [0.2, 0.25) is 0 Å².